The average Bonchev–Trinajstić information content (AvgIpc) is 3.33. The highest BCUT2D eigenvalue weighted by atomic mass is 32.2. The Labute approximate surface area is 168 Å². The van der Waals surface area contributed by atoms with Gasteiger partial charge in [0.2, 0.25) is 0 Å². The van der Waals surface area contributed by atoms with Gasteiger partial charge in [0.25, 0.3) is 11.5 Å². The molecule has 1 fully saturated rings. The van der Waals surface area contributed by atoms with Gasteiger partial charge in [0, 0.05) is 25.6 Å². The van der Waals surface area contributed by atoms with E-state index in [-0.39, 0.29) is 29.0 Å². The summed E-state index contributed by atoms with van der Waals surface area (Å²) in [5, 5.41) is 0.536. The number of hydrogen-bond donors (Lipinski definition) is 0. The number of aryl methyl sites for hydroxylation is 2. The smallest absolute Gasteiger partial charge is 0.264 e. The minimum absolute atomic E-state index is 0.0294. The summed E-state index contributed by atoms with van der Waals surface area (Å²) < 4.78 is 25.6. The van der Waals surface area contributed by atoms with E-state index < -0.39 is 9.84 Å². The molecule has 2 aliphatic heterocycles. The van der Waals surface area contributed by atoms with E-state index in [0.29, 0.717) is 40.2 Å². The molecule has 0 spiro atoms. The fourth-order valence-electron chi connectivity index (χ4n) is 4.21. The molecule has 0 aromatic carbocycles. The average molecular weight is 424 g/mol. The molecule has 1 amide bonds. The van der Waals surface area contributed by atoms with Gasteiger partial charge in [-0.1, -0.05) is 13.3 Å². The molecular formula is C19H25N3O4S2. The first kappa shape index (κ1) is 19.6. The molecule has 4 rings (SSSR count). The third-order valence-electron chi connectivity index (χ3n) is 5.77. The third kappa shape index (κ3) is 3.28. The van der Waals surface area contributed by atoms with E-state index in [1.165, 1.54) is 11.3 Å². The molecule has 2 aromatic heterocycles. The summed E-state index contributed by atoms with van der Waals surface area (Å²) in [6.07, 6.45) is 3.93. The van der Waals surface area contributed by atoms with E-state index in [1.54, 1.807) is 16.4 Å². The van der Waals surface area contributed by atoms with Crippen molar-refractivity contribution in [2.24, 2.45) is 0 Å². The lowest BCUT2D eigenvalue weighted by Gasteiger charge is -2.28. The van der Waals surface area contributed by atoms with Crippen LogP contribution in [0.4, 0.5) is 0 Å². The van der Waals surface area contributed by atoms with E-state index in [9.17, 15) is 18.0 Å². The predicted molar refractivity (Wildman–Crippen MR) is 110 cm³/mol. The molecule has 1 atom stereocenters. The first-order valence-electron chi connectivity index (χ1n) is 9.86. The first-order valence-corrected chi connectivity index (χ1v) is 12.5. The van der Waals surface area contributed by atoms with Gasteiger partial charge in [0.15, 0.2) is 9.84 Å². The van der Waals surface area contributed by atoms with Gasteiger partial charge in [-0.15, -0.1) is 11.3 Å². The molecule has 0 bridgehead atoms. The van der Waals surface area contributed by atoms with Crippen molar-refractivity contribution < 1.29 is 13.2 Å². The number of fused-ring (bicyclic) bond motifs is 2. The van der Waals surface area contributed by atoms with Gasteiger partial charge in [-0.05, 0) is 31.7 Å². The Morgan fingerprint density at radius 2 is 2.18 bits per heavy atom. The highest BCUT2D eigenvalue weighted by molar-refractivity contribution is 7.91. The molecule has 9 heteroatoms. The molecule has 1 saturated heterocycles. The number of nitrogens with zero attached hydrogens (tertiary/aromatic N) is 3. The van der Waals surface area contributed by atoms with Gasteiger partial charge in [-0.3, -0.25) is 14.2 Å². The van der Waals surface area contributed by atoms with Crippen LogP contribution in [-0.2, 0) is 22.8 Å². The van der Waals surface area contributed by atoms with Crippen molar-refractivity contribution in [3.63, 3.8) is 0 Å². The molecular weight excluding hydrogens is 398 g/mol. The van der Waals surface area contributed by atoms with Crippen LogP contribution in [0, 0.1) is 6.92 Å². The van der Waals surface area contributed by atoms with Crippen LogP contribution >= 0.6 is 11.3 Å². The van der Waals surface area contributed by atoms with Crippen LogP contribution in [0.15, 0.2) is 4.79 Å². The van der Waals surface area contributed by atoms with Crippen molar-refractivity contribution in [1.29, 1.82) is 0 Å². The highest BCUT2D eigenvalue weighted by Gasteiger charge is 2.36. The summed E-state index contributed by atoms with van der Waals surface area (Å²) in [7, 11) is -3.09. The molecule has 0 aliphatic carbocycles. The number of amides is 1. The fraction of sp³-hybridized carbons (Fsp3) is 0.632. The number of sulfone groups is 1. The maximum Gasteiger partial charge on any atom is 0.264 e. The SMILES string of the molecule is CCCCN(C(=O)c1sc2nc3n(c(=O)c2c1C)CCC3)C1CCS(=O)(=O)C1. The Morgan fingerprint density at radius 3 is 2.86 bits per heavy atom. The van der Waals surface area contributed by atoms with Crippen molar-refractivity contribution in [2.75, 3.05) is 18.1 Å². The Kier molecular flexibility index (Phi) is 5.07. The van der Waals surface area contributed by atoms with E-state index in [0.717, 1.165) is 31.5 Å². The molecule has 1 unspecified atom stereocenters. The lowest BCUT2D eigenvalue weighted by atomic mass is 10.1. The molecule has 4 heterocycles. The van der Waals surface area contributed by atoms with E-state index >= 15 is 0 Å². The summed E-state index contributed by atoms with van der Waals surface area (Å²) in [4.78, 5) is 33.8. The zero-order valence-electron chi connectivity index (χ0n) is 16.2. The van der Waals surface area contributed by atoms with Gasteiger partial charge < -0.3 is 4.90 Å². The number of rotatable bonds is 5. The van der Waals surface area contributed by atoms with Crippen LogP contribution in [0.3, 0.4) is 0 Å². The fourth-order valence-corrected chi connectivity index (χ4v) is 7.09. The summed E-state index contributed by atoms with van der Waals surface area (Å²) in [6, 6.07) is -0.285. The monoisotopic (exact) mass is 423 g/mol. The lowest BCUT2D eigenvalue weighted by Crippen LogP contribution is -2.41. The van der Waals surface area contributed by atoms with Crippen LogP contribution in [0.5, 0.6) is 0 Å². The predicted octanol–water partition coefficient (Wildman–Crippen LogP) is 2.14. The largest absolute Gasteiger partial charge is 0.334 e. The zero-order chi connectivity index (χ0) is 20.1. The topological polar surface area (TPSA) is 89.3 Å². The van der Waals surface area contributed by atoms with Crippen molar-refractivity contribution in [3.05, 3.63) is 26.6 Å². The summed E-state index contributed by atoms with van der Waals surface area (Å²) in [6.45, 7) is 5.07. The quantitative estimate of drug-likeness (QED) is 0.735. The standard InChI is InChI=1S/C19H25N3O4S2/c1-3-4-8-21(13-7-10-28(25,26)11-13)19(24)16-12(2)15-17(27-16)20-14-6-5-9-22(14)18(15)23/h13H,3-11H2,1-2H3. The Hall–Kier alpha value is -1.74. The normalized spacial score (nSPS) is 20.6. The van der Waals surface area contributed by atoms with Gasteiger partial charge in [-0.2, -0.15) is 0 Å². The van der Waals surface area contributed by atoms with Gasteiger partial charge in [0.05, 0.1) is 21.8 Å². The van der Waals surface area contributed by atoms with Crippen molar-refractivity contribution >= 4 is 37.3 Å². The molecule has 152 valence electrons. The molecule has 2 aromatic rings. The second-order valence-corrected chi connectivity index (χ2v) is 11.0. The molecule has 7 nitrogen and oxygen atoms in total. The minimum Gasteiger partial charge on any atom is -0.334 e. The van der Waals surface area contributed by atoms with E-state index in [1.807, 2.05) is 6.92 Å². The second-order valence-electron chi connectivity index (χ2n) is 7.73. The van der Waals surface area contributed by atoms with Crippen LogP contribution in [0.25, 0.3) is 10.2 Å². The van der Waals surface area contributed by atoms with Gasteiger partial charge in [0.1, 0.15) is 10.7 Å². The summed E-state index contributed by atoms with van der Waals surface area (Å²) in [5.41, 5.74) is 0.612. The van der Waals surface area contributed by atoms with Crippen molar-refractivity contribution in [3.8, 4) is 0 Å². The second kappa shape index (κ2) is 7.26. The number of hydrogen-bond acceptors (Lipinski definition) is 6. The maximum absolute atomic E-state index is 13.4. The van der Waals surface area contributed by atoms with Crippen molar-refractivity contribution in [2.45, 2.75) is 58.5 Å². The third-order valence-corrected chi connectivity index (χ3v) is 8.69. The Morgan fingerprint density at radius 1 is 1.39 bits per heavy atom. The van der Waals surface area contributed by atoms with E-state index in [4.69, 9.17) is 0 Å². The number of carbonyl (C=O) groups is 1. The number of thiophene rings is 1. The van der Waals surface area contributed by atoms with Gasteiger partial charge >= 0.3 is 0 Å². The highest BCUT2D eigenvalue weighted by Crippen LogP contribution is 2.31. The van der Waals surface area contributed by atoms with Crippen LogP contribution in [0.1, 0.15) is 53.7 Å². The number of aromatic nitrogens is 2. The van der Waals surface area contributed by atoms with Crippen LogP contribution in [0.2, 0.25) is 0 Å². The zero-order valence-corrected chi connectivity index (χ0v) is 17.9. The van der Waals surface area contributed by atoms with Crippen LogP contribution in [-0.4, -0.2) is 52.9 Å². The lowest BCUT2D eigenvalue weighted by molar-refractivity contribution is 0.0698. The van der Waals surface area contributed by atoms with Crippen LogP contribution < -0.4 is 5.56 Å². The maximum atomic E-state index is 13.4. The van der Waals surface area contributed by atoms with Crippen molar-refractivity contribution in [1.82, 2.24) is 14.5 Å². The molecule has 2 aliphatic rings. The Bertz CT molecular complexity index is 1100. The summed E-state index contributed by atoms with van der Waals surface area (Å²) >= 11 is 1.27. The molecule has 28 heavy (non-hydrogen) atoms. The molecule has 0 radical (unpaired) electrons. The minimum atomic E-state index is -3.09. The Balaban J connectivity index is 1.75. The molecule has 0 N–H and O–H groups in total. The number of carbonyl (C=O) groups excluding carboxylic acids is 1. The molecule has 0 saturated carbocycles. The summed E-state index contributed by atoms with van der Waals surface area (Å²) in [5.74, 6) is 0.791. The first-order chi connectivity index (χ1) is 13.3. The van der Waals surface area contributed by atoms with Gasteiger partial charge in [-0.25, -0.2) is 13.4 Å². The van der Waals surface area contributed by atoms with E-state index in [2.05, 4.69) is 4.98 Å². The number of unbranched alkanes of at least 4 members (excludes halogenated alkanes) is 1.